The Kier molecular flexibility index (Phi) is 7.48. The van der Waals surface area contributed by atoms with Crippen LogP contribution in [0.3, 0.4) is 0 Å². The van der Waals surface area contributed by atoms with Gasteiger partial charge in [-0.1, -0.05) is 6.08 Å². The van der Waals surface area contributed by atoms with Gasteiger partial charge < -0.3 is 19.3 Å². The Morgan fingerprint density at radius 3 is 2.38 bits per heavy atom. The van der Waals surface area contributed by atoms with E-state index >= 15 is 0 Å². The lowest BCUT2D eigenvalue weighted by Gasteiger charge is -2.28. The molecule has 1 aliphatic carbocycles. The summed E-state index contributed by atoms with van der Waals surface area (Å²) in [6, 6.07) is 6.17. The van der Waals surface area contributed by atoms with Crippen molar-refractivity contribution < 1.29 is 24.1 Å². The van der Waals surface area contributed by atoms with Gasteiger partial charge in [0.25, 0.3) is 0 Å². The molecule has 26 heavy (non-hydrogen) atoms. The second-order valence-corrected chi connectivity index (χ2v) is 5.70. The highest BCUT2D eigenvalue weighted by molar-refractivity contribution is 6.04. The molecule has 0 heterocycles. The molecule has 0 fully saturated rings. The third-order valence-electron chi connectivity index (χ3n) is 3.88. The number of hydrogen-bond acceptors (Lipinski definition) is 5. The van der Waals surface area contributed by atoms with Crippen molar-refractivity contribution in [1.82, 2.24) is 0 Å². The number of hydrogen-bond donors (Lipinski definition) is 1. The number of ether oxygens (including phenoxy) is 3. The summed E-state index contributed by atoms with van der Waals surface area (Å²) in [7, 11) is 0. The van der Waals surface area contributed by atoms with Gasteiger partial charge in [0.05, 0.1) is 25.2 Å². The van der Waals surface area contributed by atoms with Crippen molar-refractivity contribution in [2.45, 2.75) is 26.9 Å². The fraction of sp³-hybridized carbons (Fsp3) is 0.381. The van der Waals surface area contributed by atoms with Gasteiger partial charge in [0, 0.05) is 18.2 Å². The first-order valence-electron chi connectivity index (χ1n) is 8.91. The van der Waals surface area contributed by atoms with Crippen molar-refractivity contribution in [2.24, 2.45) is 5.92 Å². The Bertz CT molecular complexity index is 685. The number of benzene rings is 1. The Morgan fingerprint density at radius 1 is 1.08 bits per heavy atom. The van der Waals surface area contributed by atoms with Crippen molar-refractivity contribution in [1.29, 1.82) is 0 Å². The van der Waals surface area contributed by atoms with Crippen LogP contribution in [0, 0.1) is 5.92 Å². The first-order chi connectivity index (χ1) is 12.6. The number of ketones is 1. The van der Waals surface area contributed by atoms with E-state index in [1.807, 2.05) is 32.9 Å². The molecule has 0 aliphatic heterocycles. The van der Waals surface area contributed by atoms with Crippen molar-refractivity contribution in [3.05, 3.63) is 65.7 Å². The summed E-state index contributed by atoms with van der Waals surface area (Å²) in [5.74, 6) is 1.20. The largest absolute Gasteiger partial charge is 0.508 e. The molecule has 0 bridgehead atoms. The average Bonchev–Trinajstić information content (AvgIpc) is 2.62. The van der Waals surface area contributed by atoms with Crippen LogP contribution in [0.15, 0.2) is 60.1 Å². The van der Waals surface area contributed by atoms with E-state index in [2.05, 4.69) is 0 Å². The predicted molar refractivity (Wildman–Crippen MR) is 99.9 cm³/mol. The number of carbonyl (C=O) groups excluding carboxylic acids is 1. The van der Waals surface area contributed by atoms with Crippen molar-refractivity contribution in [3.63, 3.8) is 0 Å². The maximum atomic E-state index is 12.4. The van der Waals surface area contributed by atoms with E-state index in [4.69, 9.17) is 14.2 Å². The number of carbonyl (C=O) groups is 1. The fourth-order valence-electron chi connectivity index (χ4n) is 2.73. The first kappa shape index (κ1) is 19.8. The summed E-state index contributed by atoms with van der Waals surface area (Å²) in [4.78, 5) is 12.4. The van der Waals surface area contributed by atoms with Crippen molar-refractivity contribution in [3.8, 4) is 5.75 Å². The third kappa shape index (κ3) is 5.23. The van der Waals surface area contributed by atoms with Crippen LogP contribution < -0.4 is 0 Å². The third-order valence-corrected chi connectivity index (χ3v) is 3.88. The topological polar surface area (TPSA) is 65.0 Å². The second-order valence-electron chi connectivity index (χ2n) is 5.70. The standard InChI is InChI=1S/C21H26O5/c1-4-24-17-13-20(25-5-2)18(21(14-17)26-6-3)11-12-19(23)15-7-9-16(22)10-8-15/h7-14,18,20,22H,4-6H2,1-3H3. The van der Waals surface area contributed by atoms with E-state index in [-0.39, 0.29) is 23.6 Å². The molecule has 0 radical (unpaired) electrons. The van der Waals surface area contributed by atoms with Gasteiger partial charge >= 0.3 is 0 Å². The van der Waals surface area contributed by atoms with Gasteiger partial charge in [0.2, 0.25) is 0 Å². The molecule has 1 aliphatic rings. The van der Waals surface area contributed by atoms with Gasteiger partial charge in [-0.15, -0.1) is 0 Å². The summed E-state index contributed by atoms with van der Waals surface area (Å²) in [5, 5.41) is 9.34. The Balaban J connectivity index is 2.23. The van der Waals surface area contributed by atoms with E-state index in [0.29, 0.717) is 36.9 Å². The van der Waals surface area contributed by atoms with Gasteiger partial charge in [-0.3, -0.25) is 4.79 Å². The second kappa shape index (κ2) is 9.82. The molecular formula is C21H26O5. The molecule has 5 nitrogen and oxygen atoms in total. The highest BCUT2D eigenvalue weighted by Gasteiger charge is 2.28. The minimum atomic E-state index is -0.267. The van der Waals surface area contributed by atoms with Crippen LogP contribution in [-0.4, -0.2) is 36.8 Å². The smallest absolute Gasteiger partial charge is 0.185 e. The van der Waals surface area contributed by atoms with Crippen LogP contribution in [0.5, 0.6) is 5.75 Å². The zero-order valence-corrected chi connectivity index (χ0v) is 15.5. The molecule has 0 saturated carbocycles. The van der Waals surface area contributed by atoms with E-state index in [0.717, 1.165) is 0 Å². The Morgan fingerprint density at radius 2 is 1.77 bits per heavy atom. The van der Waals surface area contributed by atoms with Crippen LogP contribution >= 0.6 is 0 Å². The molecular weight excluding hydrogens is 332 g/mol. The van der Waals surface area contributed by atoms with Gasteiger partial charge in [-0.25, -0.2) is 0 Å². The van der Waals surface area contributed by atoms with Crippen LogP contribution in [-0.2, 0) is 14.2 Å². The van der Waals surface area contributed by atoms with Gasteiger partial charge in [0.15, 0.2) is 5.78 Å². The van der Waals surface area contributed by atoms with Crippen molar-refractivity contribution >= 4 is 5.78 Å². The Hall–Kier alpha value is -2.53. The SMILES string of the molecule is CCOC1=CC(OCC)C(C=CC(=O)c2ccc(O)cc2)C(OCC)=C1. The zero-order chi connectivity index (χ0) is 18.9. The summed E-state index contributed by atoms with van der Waals surface area (Å²) >= 11 is 0. The summed E-state index contributed by atoms with van der Waals surface area (Å²) in [6.07, 6.45) is 6.82. The van der Waals surface area contributed by atoms with Crippen LogP contribution in [0.25, 0.3) is 0 Å². The molecule has 2 unspecified atom stereocenters. The van der Waals surface area contributed by atoms with E-state index in [1.54, 1.807) is 18.2 Å². The Labute approximate surface area is 154 Å². The molecule has 2 atom stereocenters. The minimum absolute atomic E-state index is 0.129. The van der Waals surface area contributed by atoms with Crippen LogP contribution in [0.4, 0.5) is 0 Å². The van der Waals surface area contributed by atoms with Gasteiger partial charge in [0.1, 0.15) is 17.3 Å². The predicted octanol–water partition coefficient (Wildman–Crippen LogP) is 4.01. The number of allylic oxidation sites excluding steroid dienone is 2. The molecule has 1 N–H and O–H groups in total. The lowest BCUT2D eigenvalue weighted by atomic mass is 9.93. The number of rotatable bonds is 9. The van der Waals surface area contributed by atoms with E-state index in [9.17, 15) is 9.90 Å². The van der Waals surface area contributed by atoms with E-state index < -0.39 is 0 Å². The lowest BCUT2D eigenvalue weighted by molar-refractivity contribution is 0.0483. The molecule has 1 aromatic rings. The summed E-state index contributed by atoms with van der Waals surface area (Å²) in [6.45, 7) is 7.37. The molecule has 0 spiro atoms. The van der Waals surface area contributed by atoms with Gasteiger partial charge in [-0.05, 0) is 57.2 Å². The molecule has 5 heteroatoms. The highest BCUT2D eigenvalue weighted by Crippen LogP contribution is 2.29. The van der Waals surface area contributed by atoms with E-state index in [1.165, 1.54) is 18.2 Å². The van der Waals surface area contributed by atoms with Crippen LogP contribution in [0.1, 0.15) is 31.1 Å². The number of phenols is 1. The van der Waals surface area contributed by atoms with Crippen molar-refractivity contribution in [2.75, 3.05) is 19.8 Å². The molecule has 0 saturated heterocycles. The monoisotopic (exact) mass is 358 g/mol. The maximum absolute atomic E-state index is 12.4. The quantitative estimate of drug-likeness (QED) is 0.534. The highest BCUT2D eigenvalue weighted by atomic mass is 16.5. The average molecular weight is 358 g/mol. The molecule has 0 aromatic heterocycles. The molecule has 0 amide bonds. The summed E-state index contributed by atoms with van der Waals surface area (Å²) in [5.41, 5.74) is 0.510. The maximum Gasteiger partial charge on any atom is 0.185 e. The number of phenolic OH excluding ortho intramolecular Hbond substituents is 1. The fourth-order valence-corrected chi connectivity index (χ4v) is 2.73. The first-order valence-corrected chi connectivity index (χ1v) is 8.91. The molecule has 2 rings (SSSR count). The number of aromatic hydroxyl groups is 1. The summed E-state index contributed by atoms with van der Waals surface area (Å²) < 4.78 is 17.2. The normalized spacial score (nSPS) is 19.8. The molecule has 140 valence electrons. The zero-order valence-electron chi connectivity index (χ0n) is 15.5. The minimum Gasteiger partial charge on any atom is -0.508 e. The van der Waals surface area contributed by atoms with Gasteiger partial charge in [-0.2, -0.15) is 0 Å². The molecule has 1 aromatic carbocycles. The van der Waals surface area contributed by atoms with Crippen LogP contribution in [0.2, 0.25) is 0 Å². The lowest BCUT2D eigenvalue weighted by Crippen LogP contribution is -2.27.